The normalized spacial score (nSPS) is 26.7. The van der Waals surface area contributed by atoms with Crippen molar-refractivity contribution in [2.45, 2.75) is 26.2 Å². The summed E-state index contributed by atoms with van der Waals surface area (Å²) in [5.41, 5.74) is 0.977. The number of ketones is 1. The van der Waals surface area contributed by atoms with Crippen LogP contribution in [0.1, 0.15) is 31.7 Å². The second kappa shape index (κ2) is 7.90. The van der Waals surface area contributed by atoms with Crippen molar-refractivity contribution in [2.75, 3.05) is 6.61 Å². The summed E-state index contributed by atoms with van der Waals surface area (Å²) in [5.74, 6) is -2.83. The SMILES string of the molecule is CCOC(=O)C[C@@H]1C(=O)[C@H](C)[C@H](c2ccccc2)[C@H]1/C=C/C(=O)O. The number of carbonyl (C=O) groups is 3. The highest BCUT2D eigenvalue weighted by molar-refractivity contribution is 5.91. The van der Waals surface area contributed by atoms with Crippen LogP contribution in [0.2, 0.25) is 0 Å². The number of Topliss-reactive ketones (excluding diaryl/α,β-unsaturated/α-hetero) is 1. The van der Waals surface area contributed by atoms with E-state index in [4.69, 9.17) is 9.84 Å². The summed E-state index contributed by atoms with van der Waals surface area (Å²) in [6, 6.07) is 9.54. The summed E-state index contributed by atoms with van der Waals surface area (Å²) in [5, 5.41) is 8.95. The third-order valence-corrected chi connectivity index (χ3v) is 4.57. The molecule has 2 rings (SSSR count). The molecule has 0 unspecified atom stereocenters. The second-order valence-electron chi connectivity index (χ2n) is 6.02. The zero-order valence-electron chi connectivity index (χ0n) is 13.8. The van der Waals surface area contributed by atoms with E-state index in [0.717, 1.165) is 11.6 Å². The number of benzene rings is 1. The van der Waals surface area contributed by atoms with Crippen LogP contribution in [0.5, 0.6) is 0 Å². The molecule has 1 saturated carbocycles. The molecule has 1 aromatic rings. The fourth-order valence-corrected chi connectivity index (χ4v) is 3.56. The fraction of sp³-hybridized carbons (Fsp3) is 0.421. The Kier molecular flexibility index (Phi) is 5.90. The molecule has 24 heavy (non-hydrogen) atoms. The molecule has 1 aromatic carbocycles. The number of aliphatic carboxylic acids is 1. The zero-order chi connectivity index (χ0) is 17.7. The van der Waals surface area contributed by atoms with Gasteiger partial charge in [-0.3, -0.25) is 9.59 Å². The number of hydrogen-bond acceptors (Lipinski definition) is 4. The number of ether oxygens (including phenoxy) is 1. The van der Waals surface area contributed by atoms with E-state index in [-0.39, 0.29) is 36.6 Å². The highest BCUT2D eigenvalue weighted by atomic mass is 16.5. The molecule has 1 aliphatic carbocycles. The van der Waals surface area contributed by atoms with E-state index < -0.39 is 17.9 Å². The van der Waals surface area contributed by atoms with Crippen molar-refractivity contribution in [3.63, 3.8) is 0 Å². The predicted molar refractivity (Wildman–Crippen MR) is 88.4 cm³/mol. The average molecular weight is 330 g/mol. The van der Waals surface area contributed by atoms with Crippen LogP contribution in [-0.4, -0.2) is 29.4 Å². The molecule has 5 heteroatoms. The van der Waals surface area contributed by atoms with Gasteiger partial charge in [0, 0.05) is 23.8 Å². The first-order valence-corrected chi connectivity index (χ1v) is 8.11. The number of esters is 1. The number of carboxylic acid groups (broad SMARTS) is 1. The lowest BCUT2D eigenvalue weighted by Crippen LogP contribution is -2.21. The number of hydrogen-bond donors (Lipinski definition) is 1. The molecule has 0 aromatic heterocycles. The number of allylic oxidation sites excluding steroid dienone is 1. The van der Waals surface area contributed by atoms with Gasteiger partial charge in [-0.2, -0.15) is 0 Å². The molecule has 0 heterocycles. The van der Waals surface area contributed by atoms with Gasteiger partial charge in [0.15, 0.2) is 0 Å². The summed E-state index contributed by atoms with van der Waals surface area (Å²) in [6.07, 6.45) is 2.59. The smallest absolute Gasteiger partial charge is 0.327 e. The number of carbonyl (C=O) groups excluding carboxylic acids is 2. The zero-order valence-corrected chi connectivity index (χ0v) is 13.8. The topological polar surface area (TPSA) is 80.7 Å². The van der Waals surface area contributed by atoms with Crippen LogP contribution in [0, 0.1) is 17.8 Å². The molecule has 128 valence electrons. The molecule has 0 saturated heterocycles. The third kappa shape index (κ3) is 3.91. The van der Waals surface area contributed by atoms with Crippen LogP contribution in [0.3, 0.4) is 0 Å². The van der Waals surface area contributed by atoms with Gasteiger partial charge in [0.05, 0.1) is 13.0 Å². The summed E-state index contributed by atoms with van der Waals surface area (Å²) in [6.45, 7) is 3.81. The Balaban J connectivity index is 2.36. The van der Waals surface area contributed by atoms with Crippen molar-refractivity contribution < 1.29 is 24.2 Å². The van der Waals surface area contributed by atoms with Crippen LogP contribution in [-0.2, 0) is 19.1 Å². The molecule has 1 N–H and O–H groups in total. The van der Waals surface area contributed by atoms with E-state index in [9.17, 15) is 14.4 Å². The first-order valence-electron chi connectivity index (χ1n) is 8.11. The maximum absolute atomic E-state index is 12.7. The van der Waals surface area contributed by atoms with Crippen LogP contribution in [0.15, 0.2) is 42.5 Å². The predicted octanol–water partition coefficient (Wildman–Crippen LogP) is 2.82. The van der Waals surface area contributed by atoms with Crippen LogP contribution < -0.4 is 0 Å². The molecular formula is C19H22O5. The lowest BCUT2D eigenvalue weighted by molar-refractivity contribution is -0.146. The van der Waals surface area contributed by atoms with Crippen LogP contribution >= 0.6 is 0 Å². The Labute approximate surface area is 141 Å². The molecule has 5 nitrogen and oxygen atoms in total. The van der Waals surface area contributed by atoms with Crippen LogP contribution in [0.25, 0.3) is 0 Å². The minimum Gasteiger partial charge on any atom is -0.478 e. The maximum Gasteiger partial charge on any atom is 0.327 e. The Morgan fingerprint density at radius 2 is 1.92 bits per heavy atom. The maximum atomic E-state index is 12.7. The first kappa shape index (κ1) is 17.9. The van der Waals surface area contributed by atoms with E-state index in [0.29, 0.717) is 0 Å². The molecular weight excluding hydrogens is 308 g/mol. The standard InChI is InChI=1S/C19H22O5/c1-3-24-17(22)11-15-14(9-10-16(20)21)18(12(2)19(15)23)13-7-5-4-6-8-13/h4-10,12,14-15,18H,3,11H2,1-2H3,(H,20,21)/b10-9+/t12-,14+,15+,18-/m1/s1. The van der Waals surface area contributed by atoms with Crippen molar-refractivity contribution >= 4 is 17.7 Å². The Hall–Kier alpha value is -2.43. The molecule has 0 radical (unpaired) electrons. The largest absolute Gasteiger partial charge is 0.478 e. The van der Waals surface area contributed by atoms with E-state index in [1.165, 1.54) is 0 Å². The van der Waals surface area contributed by atoms with Crippen molar-refractivity contribution in [3.8, 4) is 0 Å². The molecule has 0 spiro atoms. The minimum atomic E-state index is -1.07. The van der Waals surface area contributed by atoms with Crippen molar-refractivity contribution in [2.24, 2.45) is 17.8 Å². The monoisotopic (exact) mass is 330 g/mol. The lowest BCUT2D eigenvalue weighted by atomic mass is 9.81. The number of rotatable bonds is 6. The van der Waals surface area contributed by atoms with Gasteiger partial charge in [0.2, 0.25) is 0 Å². The number of carboxylic acids is 1. The molecule has 0 amide bonds. The van der Waals surface area contributed by atoms with Crippen molar-refractivity contribution in [3.05, 3.63) is 48.0 Å². The molecule has 4 atom stereocenters. The summed E-state index contributed by atoms with van der Waals surface area (Å²) in [7, 11) is 0. The van der Waals surface area contributed by atoms with Gasteiger partial charge < -0.3 is 9.84 Å². The summed E-state index contributed by atoms with van der Waals surface area (Å²) < 4.78 is 4.97. The van der Waals surface area contributed by atoms with Gasteiger partial charge in [0.1, 0.15) is 5.78 Å². The molecule has 0 aliphatic heterocycles. The van der Waals surface area contributed by atoms with Gasteiger partial charge in [-0.25, -0.2) is 4.79 Å². The molecule has 0 bridgehead atoms. The first-order chi connectivity index (χ1) is 11.5. The highest BCUT2D eigenvalue weighted by Gasteiger charge is 2.47. The van der Waals surface area contributed by atoms with Gasteiger partial charge in [0.25, 0.3) is 0 Å². The summed E-state index contributed by atoms with van der Waals surface area (Å²) >= 11 is 0. The highest BCUT2D eigenvalue weighted by Crippen LogP contribution is 2.47. The van der Waals surface area contributed by atoms with Gasteiger partial charge >= 0.3 is 11.9 Å². The lowest BCUT2D eigenvalue weighted by Gasteiger charge is -2.22. The Bertz CT molecular complexity index is 634. The van der Waals surface area contributed by atoms with Gasteiger partial charge in [-0.15, -0.1) is 0 Å². The van der Waals surface area contributed by atoms with Crippen LogP contribution in [0.4, 0.5) is 0 Å². The minimum absolute atomic E-state index is 0.0167. The summed E-state index contributed by atoms with van der Waals surface area (Å²) in [4.78, 5) is 35.5. The van der Waals surface area contributed by atoms with E-state index in [1.54, 1.807) is 13.0 Å². The quantitative estimate of drug-likeness (QED) is 0.641. The molecule has 1 fully saturated rings. The van der Waals surface area contributed by atoms with E-state index in [1.807, 2.05) is 37.3 Å². The van der Waals surface area contributed by atoms with E-state index >= 15 is 0 Å². The Morgan fingerprint density at radius 3 is 2.50 bits per heavy atom. The fourth-order valence-electron chi connectivity index (χ4n) is 3.56. The van der Waals surface area contributed by atoms with Gasteiger partial charge in [-0.05, 0) is 18.4 Å². The van der Waals surface area contributed by atoms with Gasteiger partial charge in [-0.1, -0.05) is 43.3 Å². The van der Waals surface area contributed by atoms with E-state index in [2.05, 4.69) is 0 Å². The average Bonchev–Trinajstić information content (AvgIpc) is 2.78. The second-order valence-corrected chi connectivity index (χ2v) is 6.02. The third-order valence-electron chi connectivity index (χ3n) is 4.57. The van der Waals surface area contributed by atoms with Crippen molar-refractivity contribution in [1.29, 1.82) is 0 Å². The molecule has 1 aliphatic rings. The Morgan fingerprint density at radius 1 is 1.25 bits per heavy atom. The van der Waals surface area contributed by atoms with Crippen molar-refractivity contribution in [1.82, 2.24) is 0 Å².